The molecule has 2 aliphatic rings. The van der Waals surface area contributed by atoms with Gasteiger partial charge in [0, 0.05) is 32.7 Å². The third-order valence-corrected chi connectivity index (χ3v) is 4.74. The first-order chi connectivity index (χ1) is 12.3. The Kier molecular flexibility index (Phi) is 5.50. The average molecular weight is 370 g/mol. The lowest BCUT2D eigenvalue weighted by atomic mass is 10.1. The second-order valence-electron chi connectivity index (χ2n) is 6.75. The van der Waals surface area contributed by atoms with Crippen LogP contribution in [-0.2, 0) is 27.0 Å². The minimum Gasteiger partial charge on any atom is -0.376 e. The number of hydrogen-bond donors (Lipinski definition) is 1. The number of halogens is 3. The molecule has 5 nitrogen and oxygen atoms in total. The van der Waals surface area contributed by atoms with Crippen LogP contribution in [0.15, 0.2) is 24.3 Å². The zero-order valence-electron chi connectivity index (χ0n) is 14.2. The molecule has 2 saturated heterocycles. The first kappa shape index (κ1) is 18.7. The second kappa shape index (κ2) is 7.65. The fourth-order valence-electron chi connectivity index (χ4n) is 3.33. The van der Waals surface area contributed by atoms with Gasteiger partial charge in [-0.1, -0.05) is 12.1 Å². The van der Waals surface area contributed by atoms with Crippen molar-refractivity contribution in [2.75, 3.05) is 19.7 Å². The van der Waals surface area contributed by atoms with E-state index in [1.165, 1.54) is 11.0 Å². The van der Waals surface area contributed by atoms with Gasteiger partial charge < -0.3 is 15.0 Å². The molecule has 0 bridgehead atoms. The van der Waals surface area contributed by atoms with Crippen LogP contribution < -0.4 is 5.32 Å². The summed E-state index contributed by atoms with van der Waals surface area (Å²) >= 11 is 0. The molecule has 0 spiro atoms. The van der Waals surface area contributed by atoms with Crippen molar-refractivity contribution in [1.29, 1.82) is 0 Å². The maximum Gasteiger partial charge on any atom is 0.416 e. The lowest BCUT2D eigenvalue weighted by molar-refractivity contribution is -0.137. The van der Waals surface area contributed by atoms with Crippen LogP contribution in [0.5, 0.6) is 0 Å². The molecule has 0 unspecified atom stereocenters. The molecular formula is C18H21F3N2O3. The van der Waals surface area contributed by atoms with Crippen LogP contribution in [0, 0.1) is 5.92 Å². The van der Waals surface area contributed by atoms with Crippen molar-refractivity contribution in [3.05, 3.63) is 35.4 Å². The molecule has 1 aromatic rings. The van der Waals surface area contributed by atoms with Crippen LogP contribution in [0.1, 0.15) is 30.4 Å². The molecule has 142 valence electrons. The largest absolute Gasteiger partial charge is 0.416 e. The van der Waals surface area contributed by atoms with E-state index in [1.807, 2.05) is 0 Å². The molecule has 0 saturated carbocycles. The van der Waals surface area contributed by atoms with Gasteiger partial charge >= 0.3 is 6.18 Å². The highest BCUT2D eigenvalue weighted by Gasteiger charge is 2.35. The zero-order valence-corrected chi connectivity index (χ0v) is 14.2. The Morgan fingerprint density at radius 1 is 1.35 bits per heavy atom. The zero-order chi connectivity index (χ0) is 18.7. The number of likely N-dealkylation sites (tertiary alicyclic amines) is 1. The highest BCUT2D eigenvalue weighted by molar-refractivity contribution is 5.89. The summed E-state index contributed by atoms with van der Waals surface area (Å²) in [4.78, 5) is 25.8. The molecule has 8 heteroatoms. The van der Waals surface area contributed by atoms with Crippen molar-refractivity contribution in [2.45, 2.75) is 38.1 Å². The van der Waals surface area contributed by atoms with E-state index in [2.05, 4.69) is 5.32 Å². The summed E-state index contributed by atoms with van der Waals surface area (Å²) in [6.07, 6.45) is -2.43. The number of carbonyl (C=O) groups excluding carboxylic acids is 2. The fourth-order valence-corrected chi connectivity index (χ4v) is 3.33. The SMILES string of the molecule is O=C(NC[C@H]1CCCO1)[C@@H]1CC(=O)N(Cc2cccc(C(F)(F)F)c2)C1. The molecule has 1 N–H and O–H groups in total. The van der Waals surface area contributed by atoms with Gasteiger partial charge in [-0.15, -0.1) is 0 Å². The smallest absolute Gasteiger partial charge is 0.376 e. The Morgan fingerprint density at radius 3 is 2.85 bits per heavy atom. The Bertz CT molecular complexity index is 672. The third-order valence-electron chi connectivity index (χ3n) is 4.74. The van der Waals surface area contributed by atoms with Crippen molar-refractivity contribution in [3.8, 4) is 0 Å². The maximum absolute atomic E-state index is 12.8. The van der Waals surface area contributed by atoms with Crippen LogP contribution >= 0.6 is 0 Å². The fraction of sp³-hybridized carbons (Fsp3) is 0.556. The topological polar surface area (TPSA) is 58.6 Å². The summed E-state index contributed by atoms with van der Waals surface area (Å²) in [7, 11) is 0. The van der Waals surface area contributed by atoms with Crippen molar-refractivity contribution < 1.29 is 27.5 Å². The molecule has 0 aliphatic carbocycles. The van der Waals surface area contributed by atoms with E-state index >= 15 is 0 Å². The van der Waals surface area contributed by atoms with Crippen LogP contribution in [-0.4, -0.2) is 42.5 Å². The molecule has 2 amide bonds. The molecule has 2 heterocycles. The molecule has 2 fully saturated rings. The van der Waals surface area contributed by atoms with Crippen molar-refractivity contribution in [3.63, 3.8) is 0 Å². The normalized spacial score (nSPS) is 23.5. The number of nitrogens with one attached hydrogen (secondary N) is 1. The minimum atomic E-state index is -4.42. The first-order valence-electron chi connectivity index (χ1n) is 8.66. The van der Waals surface area contributed by atoms with Gasteiger partial charge in [-0.05, 0) is 30.5 Å². The van der Waals surface area contributed by atoms with Crippen molar-refractivity contribution in [1.82, 2.24) is 10.2 Å². The van der Waals surface area contributed by atoms with Crippen LogP contribution in [0.2, 0.25) is 0 Å². The summed E-state index contributed by atoms with van der Waals surface area (Å²) in [5.41, 5.74) is -0.346. The van der Waals surface area contributed by atoms with E-state index < -0.39 is 17.7 Å². The highest BCUT2D eigenvalue weighted by Crippen LogP contribution is 2.30. The van der Waals surface area contributed by atoms with E-state index in [0.29, 0.717) is 18.7 Å². The van der Waals surface area contributed by atoms with Gasteiger partial charge in [-0.2, -0.15) is 13.2 Å². The molecule has 2 atom stereocenters. The number of benzene rings is 1. The van der Waals surface area contributed by atoms with E-state index in [1.54, 1.807) is 6.07 Å². The molecule has 3 rings (SSSR count). The number of nitrogens with zero attached hydrogens (tertiary/aromatic N) is 1. The minimum absolute atomic E-state index is 0.0252. The van der Waals surface area contributed by atoms with E-state index in [9.17, 15) is 22.8 Å². The quantitative estimate of drug-likeness (QED) is 0.866. The van der Waals surface area contributed by atoms with Crippen molar-refractivity contribution in [2.24, 2.45) is 5.92 Å². The van der Waals surface area contributed by atoms with Crippen LogP contribution in [0.25, 0.3) is 0 Å². The predicted octanol–water partition coefficient (Wildman–Crippen LogP) is 2.35. The number of carbonyl (C=O) groups is 2. The Balaban J connectivity index is 1.55. The van der Waals surface area contributed by atoms with Gasteiger partial charge in [0.05, 0.1) is 17.6 Å². The van der Waals surface area contributed by atoms with E-state index in [-0.39, 0.29) is 37.4 Å². The Morgan fingerprint density at radius 2 is 2.15 bits per heavy atom. The number of alkyl halides is 3. The van der Waals surface area contributed by atoms with Gasteiger partial charge in [0.1, 0.15) is 0 Å². The molecule has 2 aliphatic heterocycles. The highest BCUT2D eigenvalue weighted by atomic mass is 19.4. The lowest BCUT2D eigenvalue weighted by Crippen LogP contribution is -2.37. The monoisotopic (exact) mass is 370 g/mol. The second-order valence-corrected chi connectivity index (χ2v) is 6.75. The average Bonchev–Trinajstić information content (AvgIpc) is 3.23. The molecule has 0 radical (unpaired) electrons. The van der Waals surface area contributed by atoms with Crippen LogP contribution in [0.3, 0.4) is 0 Å². The Hall–Kier alpha value is -2.09. The first-order valence-corrected chi connectivity index (χ1v) is 8.66. The summed E-state index contributed by atoms with van der Waals surface area (Å²) in [6.45, 7) is 1.41. The van der Waals surface area contributed by atoms with Gasteiger partial charge in [0.2, 0.25) is 11.8 Å². The summed E-state index contributed by atoms with van der Waals surface area (Å²) < 4.78 is 43.8. The van der Waals surface area contributed by atoms with E-state index in [4.69, 9.17) is 4.74 Å². The lowest BCUT2D eigenvalue weighted by Gasteiger charge is -2.18. The number of hydrogen-bond acceptors (Lipinski definition) is 3. The van der Waals surface area contributed by atoms with Gasteiger partial charge in [0.15, 0.2) is 0 Å². The van der Waals surface area contributed by atoms with Crippen LogP contribution in [0.4, 0.5) is 13.2 Å². The predicted molar refractivity (Wildman–Crippen MR) is 87.0 cm³/mol. The maximum atomic E-state index is 12.8. The Labute approximate surface area is 149 Å². The number of amides is 2. The summed E-state index contributed by atoms with van der Waals surface area (Å²) in [5.74, 6) is -0.908. The number of rotatable bonds is 5. The standard InChI is InChI=1S/C18H21F3N2O3/c19-18(20,21)14-4-1-3-12(7-14)10-23-11-13(8-16(23)24)17(25)22-9-15-5-2-6-26-15/h1,3-4,7,13,15H,2,5-6,8-11H2,(H,22,25)/t13-,15-/m1/s1. The van der Waals surface area contributed by atoms with Gasteiger partial charge in [-0.3, -0.25) is 9.59 Å². The molecule has 1 aromatic carbocycles. The number of ether oxygens (including phenoxy) is 1. The van der Waals surface area contributed by atoms with Crippen molar-refractivity contribution >= 4 is 11.8 Å². The van der Waals surface area contributed by atoms with Gasteiger partial charge in [0.25, 0.3) is 0 Å². The third kappa shape index (κ3) is 4.55. The summed E-state index contributed by atoms with van der Waals surface area (Å²) in [6, 6.07) is 4.91. The molecule has 26 heavy (non-hydrogen) atoms. The molecular weight excluding hydrogens is 349 g/mol. The van der Waals surface area contributed by atoms with Gasteiger partial charge in [-0.25, -0.2) is 0 Å². The molecule has 0 aromatic heterocycles. The summed E-state index contributed by atoms with van der Waals surface area (Å²) in [5, 5.41) is 2.81. The van der Waals surface area contributed by atoms with E-state index in [0.717, 1.165) is 25.0 Å².